The molecule has 0 saturated carbocycles. The molecule has 1 aromatic carbocycles. The second kappa shape index (κ2) is 5.79. The number of hydrogen-bond donors (Lipinski definition) is 0. The smallest absolute Gasteiger partial charge is 0.284 e. The maximum Gasteiger partial charge on any atom is 0.292 e. The average Bonchev–Trinajstić information content (AvgIpc) is 2.97. The molecule has 24 heavy (non-hydrogen) atoms. The summed E-state index contributed by atoms with van der Waals surface area (Å²) in [7, 11) is 1.86. The Morgan fingerprint density at radius 1 is 1.29 bits per heavy atom. The Morgan fingerprint density at radius 2 is 2.12 bits per heavy atom. The number of anilines is 1. The fourth-order valence-corrected chi connectivity index (χ4v) is 3.70. The van der Waals surface area contributed by atoms with Crippen LogP contribution in [0.5, 0.6) is 0 Å². The van der Waals surface area contributed by atoms with Crippen molar-refractivity contribution in [3.8, 4) is 0 Å². The number of benzene rings is 1. The Bertz CT molecular complexity index is 955. The molecular weight excluding hydrogens is 392 g/mol. The number of hydrogen-bond acceptors (Lipinski definition) is 3. The van der Waals surface area contributed by atoms with Crippen molar-refractivity contribution in [3.05, 3.63) is 63.3 Å². The molecular formula is C17H14BrClN4O. The zero-order chi connectivity index (χ0) is 16.8. The van der Waals surface area contributed by atoms with Gasteiger partial charge in [-0.1, -0.05) is 23.7 Å². The summed E-state index contributed by atoms with van der Waals surface area (Å²) < 4.78 is 2.61. The van der Waals surface area contributed by atoms with Crippen molar-refractivity contribution >= 4 is 44.6 Å². The Labute approximate surface area is 152 Å². The van der Waals surface area contributed by atoms with E-state index in [1.807, 2.05) is 48.6 Å². The topological polar surface area (TPSA) is 40.9 Å². The summed E-state index contributed by atoms with van der Waals surface area (Å²) in [6, 6.07) is 11.5. The lowest BCUT2D eigenvalue weighted by Crippen LogP contribution is -2.48. The van der Waals surface area contributed by atoms with E-state index in [0.717, 1.165) is 27.7 Å². The summed E-state index contributed by atoms with van der Waals surface area (Å²) in [4.78, 5) is 12.9. The molecule has 0 N–H and O–H groups in total. The predicted octanol–water partition coefficient (Wildman–Crippen LogP) is 3.80. The zero-order valence-electron chi connectivity index (χ0n) is 12.9. The van der Waals surface area contributed by atoms with Crippen LogP contribution in [-0.2, 0) is 6.42 Å². The maximum atomic E-state index is 12.9. The molecule has 1 aliphatic rings. The van der Waals surface area contributed by atoms with Crippen LogP contribution in [0.15, 0.2) is 47.1 Å². The van der Waals surface area contributed by atoms with E-state index in [0.29, 0.717) is 17.3 Å². The van der Waals surface area contributed by atoms with Crippen LogP contribution in [0.2, 0.25) is 5.02 Å². The van der Waals surface area contributed by atoms with E-state index < -0.39 is 0 Å². The largest absolute Gasteiger partial charge is 0.292 e. The lowest BCUT2D eigenvalue weighted by atomic mass is 10.1. The first kappa shape index (κ1) is 15.5. The van der Waals surface area contributed by atoms with Gasteiger partial charge in [-0.2, -0.15) is 5.10 Å². The first-order chi connectivity index (χ1) is 11.5. The van der Waals surface area contributed by atoms with Gasteiger partial charge < -0.3 is 0 Å². The summed E-state index contributed by atoms with van der Waals surface area (Å²) >= 11 is 9.74. The number of hydrazine groups is 1. The van der Waals surface area contributed by atoms with Gasteiger partial charge >= 0.3 is 0 Å². The van der Waals surface area contributed by atoms with Gasteiger partial charge in [0.05, 0.1) is 16.2 Å². The molecule has 122 valence electrons. The van der Waals surface area contributed by atoms with Crippen molar-refractivity contribution < 1.29 is 4.79 Å². The predicted molar refractivity (Wildman–Crippen MR) is 97.5 cm³/mol. The first-order valence-corrected chi connectivity index (χ1v) is 8.69. The van der Waals surface area contributed by atoms with Crippen molar-refractivity contribution in [3.63, 3.8) is 0 Å². The highest BCUT2D eigenvalue weighted by Crippen LogP contribution is 2.34. The van der Waals surface area contributed by atoms with Gasteiger partial charge in [0.15, 0.2) is 5.69 Å². The van der Waals surface area contributed by atoms with Gasteiger partial charge in [-0.3, -0.25) is 9.80 Å². The van der Waals surface area contributed by atoms with Gasteiger partial charge in [-0.05, 0) is 52.2 Å². The summed E-state index contributed by atoms with van der Waals surface area (Å²) in [6.45, 7) is 0.597. The van der Waals surface area contributed by atoms with Gasteiger partial charge in [0.2, 0.25) is 0 Å². The average molecular weight is 406 g/mol. The van der Waals surface area contributed by atoms with Gasteiger partial charge in [0.1, 0.15) is 0 Å². The SMILES string of the molecule is CN1c2c(Cl)cccc2CCN1C(=O)c1cc2ccc(Br)cn2n1. The molecule has 0 bridgehead atoms. The van der Waals surface area contributed by atoms with Crippen LogP contribution in [-0.4, -0.2) is 34.1 Å². The number of nitrogens with zero attached hydrogens (tertiary/aromatic N) is 4. The Balaban J connectivity index is 1.70. The molecule has 4 rings (SSSR count). The van der Waals surface area contributed by atoms with Crippen LogP contribution in [0.4, 0.5) is 5.69 Å². The minimum Gasteiger partial charge on any atom is -0.284 e. The fraction of sp³-hybridized carbons (Fsp3) is 0.176. The highest BCUT2D eigenvalue weighted by Gasteiger charge is 2.29. The summed E-state index contributed by atoms with van der Waals surface area (Å²) in [5.41, 5.74) is 3.31. The lowest BCUT2D eigenvalue weighted by molar-refractivity contribution is 0.0732. The van der Waals surface area contributed by atoms with E-state index in [9.17, 15) is 4.79 Å². The molecule has 0 unspecified atom stereocenters. The lowest BCUT2D eigenvalue weighted by Gasteiger charge is -2.38. The quantitative estimate of drug-likeness (QED) is 0.618. The molecule has 5 nitrogen and oxygen atoms in total. The van der Waals surface area contributed by atoms with Crippen LogP contribution in [0.1, 0.15) is 16.1 Å². The second-order valence-electron chi connectivity index (χ2n) is 5.70. The van der Waals surface area contributed by atoms with Gasteiger partial charge in [-0.15, -0.1) is 0 Å². The molecule has 0 atom stereocenters. The highest BCUT2D eigenvalue weighted by molar-refractivity contribution is 9.10. The van der Waals surface area contributed by atoms with Crippen LogP contribution < -0.4 is 5.01 Å². The van der Waals surface area contributed by atoms with E-state index in [2.05, 4.69) is 21.0 Å². The number of pyridine rings is 1. The zero-order valence-corrected chi connectivity index (χ0v) is 15.3. The summed E-state index contributed by atoms with van der Waals surface area (Å²) in [6.07, 6.45) is 2.60. The van der Waals surface area contributed by atoms with Gasteiger partial charge in [-0.25, -0.2) is 9.52 Å². The molecule has 2 aromatic heterocycles. The number of para-hydroxylation sites is 1. The van der Waals surface area contributed by atoms with Gasteiger partial charge in [0, 0.05) is 24.3 Å². The van der Waals surface area contributed by atoms with Crippen molar-refractivity contribution in [1.29, 1.82) is 0 Å². The second-order valence-corrected chi connectivity index (χ2v) is 7.02. The molecule has 3 aromatic rings. The molecule has 0 spiro atoms. The molecule has 1 aliphatic heterocycles. The molecule has 0 aliphatic carbocycles. The Hall–Kier alpha value is -2.05. The van der Waals surface area contributed by atoms with Crippen molar-refractivity contribution in [2.45, 2.75) is 6.42 Å². The van der Waals surface area contributed by atoms with E-state index in [1.54, 1.807) is 15.6 Å². The minimum atomic E-state index is -0.136. The van der Waals surface area contributed by atoms with Crippen molar-refractivity contribution in [2.75, 3.05) is 18.6 Å². The van der Waals surface area contributed by atoms with E-state index in [4.69, 9.17) is 11.6 Å². The van der Waals surface area contributed by atoms with Crippen molar-refractivity contribution in [2.24, 2.45) is 0 Å². The minimum absolute atomic E-state index is 0.136. The normalized spacial score (nSPS) is 14.1. The van der Waals surface area contributed by atoms with Gasteiger partial charge in [0.25, 0.3) is 5.91 Å². The first-order valence-electron chi connectivity index (χ1n) is 7.52. The number of amides is 1. The highest BCUT2D eigenvalue weighted by atomic mass is 79.9. The molecule has 0 saturated heterocycles. The number of carbonyl (C=O) groups is 1. The van der Waals surface area contributed by atoms with Crippen molar-refractivity contribution in [1.82, 2.24) is 14.6 Å². The number of aromatic nitrogens is 2. The third-order valence-electron chi connectivity index (χ3n) is 4.23. The third kappa shape index (κ3) is 2.46. The molecule has 0 fully saturated rings. The standard InChI is InChI=1S/C17H14BrClN4O/c1-21-16-11(3-2-4-14(16)19)7-8-23(21)17(24)15-9-13-6-5-12(18)10-22(13)20-15/h2-6,9-10H,7-8H2,1H3. The summed E-state index contributed by atoms with van der Waals surface area (Å²) in [5.74, 6) is -0.136. The van der Waals surface area contributed by atoms with Crippen LogP contribution in [0.25, 0.3) is 5.52 Å². The maximum absolute atomic E-state index is 12.9. The Kier molecular flexibility index (Phi) is 3.73. The Morgan fingerprint density at radius 3 is 2.96 bits per heavy atom. The number of carbonyl (C=O) groups excluding carboxylic acids is 1. The molecule has 0 radical (unpaired) electrons. The molecule has 3 heterocycles. The van der Waals surface area contributed by atoms with E-state index in [-0.39, 0.29) is 5.91 Å². The number of fused-ring (bicyclic) bond motifs is 2. The monoisotopic (exact) mass is 404 g/mol. The third-order valence-corrected chi connectivity index (χ3v) is 5.00. The summed E-state index contributed by atoms with van der Waals surface area (Å²) in [5, 5.41) is 8.55. The van der Waals surface area contributed by atoms with E-state index >= 15 is 0 Å². The van der Waals surface area contributed by atoms with E-state index in [1.165, 1.54) is 0 Å². The fourth-order valence-electron chi connectivity index (χ4n) is 3.06. The van der Waals surface area contributed by atoms with Crippen LogP contribution in [0.3, 0.4) is 0 Å². The molecule has 1 amide bonds. The number of rotatable bonds is 1. The van der Waals surface area contributed by atoms with Crippen LogP contribution >= 0.6 is 27.5 Å². The number of halogens is 2. The molecule has 7 heteroatoms. The van der Waals surface area contributed by atoms with Crippen LogP contribution in [0, 0.1) is 0 Å².